The molecule has 0 aliphatic carbocycles. The summed E-state index contributed by atoms with van der Waals surface area (Å²) in [6.45, 7) is 6.53. The number of aliphatic imine (C=N–C) groups is 1. The fourth-order valence-corrected chi connectivity index (χ4v) is 2.59. The van der Waals surface area contributed by atoms with Crippen molar-refractivity contribution in [2.45, 2.75) is 26.9 Å². The van der Waals surface area contributed by atoms with Crippen molar-refractivity contribution >= 4 is 15.8 Å². The highest BCUT2D eigenvalue weighted by Crippen LogP contribution is 2.13. The number of nitrogens with zero attached hydrogens (tertiary/aromatic N) is 1. The standard InChI is InChI=1S/C16H27N3O3S/c1-5-23(20,21)10-9-18-16(17-4)19-12-14(3)22-15-8-6-7-13(2)11-15/h6-8,11,14H,5,9-10,12H2,1-4H3,(H2,17,18,19). The van der Waals surface area contributed by atoms with Gasteiger partial charge in [0, 0.05) is 19.3 Å². The van der Waals surface area contributed by atoms with Crippen molar-refractivity contribution in [3.63, 3.8) is 0 Å². The third-order valence-electron chi connectivity index (χ3n) is 3.25. The summed E-state index contributed by atoms with van der Waals surface area (Å²) in [6.07, 6.45) is -0.0466. The quantitative estimate of drug-likeness (QED) is 0.551. The fourth-order valence-electron chi connectivity index (χ4n) is 1.89. The zero-order valence-corrected chi connectivity index (χ0v) is 15.1. The Kier molecular flexibility index (Phi) is 7.88. The Bertz CT molecular complexity index is 615. The fraction of sp³-hybridized carbons (Fsp3) is 0.562. The van der Waals surface area contributed by atoms with Gasteiger partial charge in [-0.3, -0.25) is 4.99 Å². The minimum atomic E-state index is -2.97. The first-order valence-corrected chi connectivity index (χ1v) is 9.56. The zero-order valence-electron chi connectivity index (χ0n) is 14.3. The summed E-state index contributed by atoms with van der Waals surface area (Å²) in [5.41, 5.74) is 1.15. The molecule has 1 aromatic carbocycles. The highest BCUT2D eigenvalue weighted by atomic mass is 32.2. The molecule has 1 aromatic rings. The van der Waals surface area contributed by atoms with Crippen LogP contribution in [-0.2, 0) is 9.84 Å². The Morgan fingerprint density at radius 3 is 2.70 bits per heavy atom. The first kappa shape index (κ1) is 19.3. The van der Waals surface area contributed by atoms with Crippen molar-refractivity contribution in [3.05, 3.63) is 29.8 Å². The monoisotopic (exact) mass is 341 g/mol. The summed E-state index contributed by atoms with van der Waals surface area (Å²) in [5, 5.41) is 6.12. The number of rotatable bonds is 8. The Labute approximate surface area is 139 Å². The molecule has 7 heteroatoms. The van der Waals surface area contributed by atoms with Crippen LogP contribution in [0.2, 0.25) is 0 Å². The normalized spacial score (nSPS) is 13.5. The van der Waals surface area contributed by atoms with Crippen LogP contribution < -0.4 is 15.4 Å². The van der Waals surface area contributed by atoms with E-state index in [0.29, 0.717) is 19.0 Å². The highest BCUT2D eigenvalue weighted by molar-refractivity contribution is 7.91. The van der Waals surface area contributed by atoms with Crippen LogP contribution in [0.3, 0.4) is 0 Å². The maximum atomic E-state index is 11.4. The van der Waals surface area contributed by atoms with Gasteiger partial charge >= 0.3 is 0 Å². The third-order valence-corrected chi connectivity index (χ3v) is 4.96. The van der Waals surface area contributed by atoms with E-state index in [1.54, 1.807) is 14.0 Å². The van der Waals surface area contributed by atoms with Crippen LogP contribution in [0.1, 0.15) is 19.4 Å². The SMILES string of the molecule is CCS(=O)(=O)CCNC(=NC)NCC(C)Oc1cccc(C)c1. The lowest BCUT2D eigenvalue weighted by Crippen LogP contribution is -2.43. The average Bonchev–Trinajstić information content (AvgIpc) is 2.50. The predicted octanol–water partition coefficient (Wildman–Crippen LogP) is 1.36. The Hall–Kier alpha value is -1.76. The van der Waals surface area contributed by atoms with Gasteiger partial charge in [0.15, 0.2) is 15.8 Å². The number of guanidine groups is 1. The minimum Gasteiger partial charge on any atom is -0.489 e. The van der Waals surface area contributed by atoms with Gasteiger partial charge in [-0.15, -0.1) is 0 Å². The number of nitrogens with one attached hydrogen (secondary N) is 2. The summed E-state index contributed by atoms with van der Waals surface area (Å²) in [4.78, 5) is 4.07. The molecule has 0 bridgehead atoms. The molecule has 1 rings (SSSR count). The van der Waals surface area contributed by atoms with Crippen molar-refractivity contribution < 1.29 is 13.2 Å². The molecular weight excluding hydrogens is 314 g/mol. The first-order chi connectivity index (χ1) is 10.9. The first-order valence-electron chi connectivity index (χ1n) is 7.74. The van der Waals surface area contributed by atoms with Crippen molar-refractivity contribution in [1.82, 2.24) is 10.6 Å². The smallest absolute Gasteiger partial charge is 0.191 e. The number of aryl methyl sites for hydroxylation is 1. The predicted molar refractivity (Wildman–Crippen MR) is 95.0 cm³/mol. The summed E-state index contributed by atoms with van der Waals surface area (Å²) in [6, 6.07) is 7.89. The van der Waals surface area contributed by atoms with Crippen molar-refractivity contribution in [3.8, 4) is 5.75 Å². The lowest BCUT2D eigenvalue weighted by molar-refractivity contribution is 0.223. The molecule has 0 aliphatic rings. The molecule has 2 N–H and O–H groups in total. The molecular formula is C16H27N3O3S. The number of hydrogen-bond donors (Lipinski definition) is 2. The molecule has 0 saturated carbocycles. The van der Waals surface area contributed by atoms with E-state index < -0.39 is 9.84 Å². The van der Waals surface area contributed by atoms with Crippen LogP contribution in [0.5, 0.6) is 5.75 Å². The van der Waals surface area contributed by atoms with E-state index >= 15 is 0 Å². The summed E-state index contributed by atoms with van der Waals surface area (Å²) in [7, 11) is -1.32. The zero-order chi connectivity index (χ0) is 17.3. The average molecular weight is 341 g/mol. The number of ether oxygens (including phenoxy) is 1. The molecule has 0 heterocycles. The van der Waals surface area contributed by atoms with Gasteiger partial charge < -0.3 is 15.4 Å². The van der Waals surface area contributed by atoms with Crippen LogP contribution in [0.15, 0.2) is 29.3 Å². The molecule has 0 radical (unpaired) electrons. The van der Waals surface area contributed by atoms with E-state index in [1.807, 2.05) is 38.1 Å². The molecule has 0 saturated heterocycles. The lowest BCUT2D eigenvalue weighted by Gasteiger charge is -2.18. The number of hydrogen-bond acceptors (Lipinski definition) is 4. The van der Waals surface area contributed by atoms with E-state index in [-0.39, 0.29) is 17.6 Å². The second kappa shape index (κ2) is 9.39. The van der Waals surface area contributed by atoms with E-state index in [4.69, 9.17) is 4.74 Å². The second-order valence-corrected chi connectivity index (χ2v) is 7.83. The Morgan fingerprint density at radius 1 is 1.35 bits per heavy atom. The molecule has 6 nitrogen and oxygen atoms in total. The van der Waals surface area contributed by atoms with Gasteiger partial charge in [0.05, 0.1) is 12.3 Å². The number of sulfone groups is 1. The Balaban J connectivity index is 2.36. The number of benzene rings is 1. The van der Waals surface area contributed by atoms with E-state index in [1.165, 1.54) is 0 Å². The van der Waals surface area contributed by atoms with E-state index in [2.05, 4.69) is 15.6 Å². The maximum Gasteiger partial charge on any atom is 0.191 e. The molecule has 1 atom stereocenters. The van der Waals surface area contributed by atoms with E-state index in [0.717, 1.165) is 11.3 Å². The molecule has 0 fully saturated rings. The largest absolute Gasteiger partial charge is 0.489 e. The topological polar surface area (TPSA) is 79.8 Å². The van der Waals surface area contributed by atoms with Crippen LogP contribution in [0.25, 0.3) is 0 Å². The summed E-state index contributed by atoms with van der Waals surface area (Å²) < 4.78 is 28.7. The summed E-state index contributed by atoms with van der Waals surface area (Å²) >= 11 is 0. The van der Waals surface area contributed by atoms with Gasteiger partial charge in [-0.05, 0) is 31.5 Å². The molecule has 23 heavy (non-hydrogen) atoms. The minimum absolute atomic E-state index is 0.0466. The van der Waals surface area contributed by atoms with Crippen molar-refractivity contribution in [2.75, 3.05) is 31.6 Å². The lowest BCUT2D eigenvalue weighted by atomic mass is 10.2. The van der Waals surface area contributed by atoms with Crippen LogP contribution in [0, 0.1) is 6.92 Å². The van der Waals surface area contributed by atoms with Crippen LogP contribution in [-0.4, -0.2) is 52.1 Å². The van der Waals surface area contributed by atoms with Gasteiger partial charge in [-0.2, -0.15) is 0 Å². The van der Waals surface area contributed by atoms with Crippen LogP contribution >= 0.6 is 0 Å². The van der Waals surface area contributed by atoms with Gasteiger partial charge in [0.2, 0.25) is 0 Å². The molecule has 1 unspecified atom stereocenters. The molecule has 0 aliphatic heterocycles. The third kappa shape index (κ3) is 7.88. The van der Waals surface area contributed by atoms with Gasteiger partial charge in [-0.25, -0.2) is 8.42 Å². The van der Waals surface area contributed by atoms with Crippen molar-refractivity contribution in [1.29, 1.82) is 0 Å². The van der Waals surface area contributed by atoms with E-state index in [9.17, 15) is 8.42 Å². The van der Waals surface area contributed by atoms with Gasteiger partial charge in [0.1, 0.15) is 11.9 Å². The second-order valence-electron chi connectivity index (χ2n) is 5.36. The van der Waals surface area contributed by atoms with Gasteiger partial charge in [0.25, 0.3) is 0 Å². The highest BCUT2D eigenvalue weighted by Gasteiger charge is 2.09. The molecule has 0 aromatic heterocycles. The van der Waals surface area contributed by atoms with Crippen molar-refractivity contribution in [2.24, 2.45) is 4.99 Å². The molecule has 0 amide bonds. The molecule has 0 spiro atoms. The van der Waals surface area contributed by atoms with Crippen LogP contribution in [0.4, 0.5) is 0 Å². The molecule has 130 valence electrons. The summed E-state index contributed by atoms with van der Waals surface area (Å²) in [5.74, 6) is 1.65. The Morgan fingerprint density at radius 2 is 2.09 bits per heavy atom. The van der Waals surface area contributed by atoms with Gasteiger partial charge in [-0.1, -0.05) is 19.1 Å². The maximum absolute atomic E-state index is 11.4.